The van der Waals surface area contributed by atoms with Crippen LogP contribution in [0.5, 0.6) is 0 Å². The summed E-state index contributed by atoms with van der Waals surface area (Å²) in [6.45, 7) is 6.02. The van der Waals surface area contributed by atoms with Gasteiger partial charge in [0.15, 0.2) is 0 Å². The first kappa shape index (κ1) is 13.6. The Morgan fingerprint density at radius 2 is 2.10 bits per heavy atom. The Labute approximate surface area is 122 Å². The molecular formula is C16H18FNOS. The van der Waals surface area contributed by atoms with Gasteiger partial charge in [0.2, 0.25) is 0 Å². The molecule has 0 spiro atoms. The number of thiophene rings is 1. The van der Waals surface area contributed by atoms with Crippen LogP contribution in [0.4, 0.5) is 4.39 Å². The summed E-state index contributed by atoms with van der Waals surface area (Å²) < 4.78 is 14.3. The minimum atomic E-state index is -0.250. The van der Waals surface area contributed by atoms with Crippen molar-refractivity contribution in [1.82, 2.24) is 4.90 Å². The number of carbonyl (C=O) groups excluding carboxylic acids is 1. The van der Waals surface area contributed by atoms with Crippen LogP contribution in [0.1, 0.15) is 41.9 Å². The molecular weight excluding hydrogens is 273 g/mol. The second-order valence-electron chi connectivity index (χ2n) is 5.73. The van der Waals surface area contributed by atoms with Gasteiger partial charge in [-0.25, -0.2) is 4.39 Å². The Hall–Kier alpha value is -1.42. The van der Waals surface area contributed by atoms with E-state index in [2.05, 4.69) is 13.8 Å². The van der Waals surface area contributed by atoms with Crippen LogP contribution >= 0.6 is 11.3 Å². The van der Waals surface area contributed by atoms with Crippen LogP contribution in [0.15, 0.2) is 18.2 Å². The first-order valence-corrected chi connectivity index (χ1v) is 7.82. The zero-order valence-electron chi connectivity index (χ0n) is 11.9. The first-order chi connectivity index (χ1) is 9.49. The summed E-state index contributed by atoms with van der Waals surface area (Å²) in [6.07, 6.45) is 2.20. The maximum Gasteiger partial charge on any atom is 0.264 e. The third-order valence-corrected chi connectivity index (χ3v) is 5.08. The van der Waals surface area contributed by atoms with Gasteiger partial charge in [-0.3, -0.25) is 4.79 Å². The fourth-order valence-electron chi connectivity index (χ4n) is 2.69. The number of hydrogen-bond donors (Lipinski definition) is 0. The lowest BCUT2D eigenvalue weighted by atomic mass is 10.1. The predicted molar refractivity (Wildman–Crippen MR) is 80.8 cm³/mol. The smallest absolute Gasteiger partial charge is 0.264 e. The predicted octanol–water partition coefficient (Wildman–Crippen LogP) is 4.36. The summed E-state index contributed by atoms with van der Waals surface area (Å²) in [4.78, 5) is 15.5. The van der Waals surface area contributed by atoms with Crippen molar-refractivity contribution in [1.29, 1.82) is 0 Å². The maximum atomic E-state index is 13.4. The molecule has 0 bridgehead atoms. The normalized spacial score (nSPS) is 15.1. The zero-order valence-corrected chi connectivity index (χ0v) is 12.8. The van der Waals surface area contributed by atoms with Crippen molar-refractivity contribution in [3.8, 4) is 0 Å². The maximum absolute atomic E-state index is 13.4. The third-order valence-electron chi connectivity index (χ3n) is 3.82. The van der Waals surface area contributed by atoms with Gasteiger partial charge in [0.25, 0.3) is 5.91 Å². The number of aryl methyl sites for hydroxylation is 1. The largest absolute Gasteiger partial charge is 0.333 e. The van der Waals surface area contributed by atoms with E-state index in [0.717, 1.165) is 33.4 Å². The molecule has 0 aliphatic heterocycles. The first-order valence-electron chi connectivity index (χ1n) is 7.00. The van der Waals surface area contributed by atoms with E-state index in [4.69, 9.17) is 0 Å². The molecule has 1 aromatic carbocycles. The lowest BCUT2D eigenvalue weighted by Gasteiger charge is -2.26. The molecule has 2 aromatic rings. The van der Waals surface area contributed by atoms with Gasteiger partial charge < -0.3 is 4.90 Å². The second kappa shape index (κ2) is 4.85. The molecule has 1 amide bonds. The Bertz CT molecular complexity index is 670. The lowest BCUT2D eigenvalue weighted by Crippen LogP contribution is -2.38. The van der Waals surface area contributed by atoms with Crippen molar-refractivity contribution in [2.45, 2.75) is 45.7 Å². The molecule has 20 heavy (non-hydrogen) atoms. The van der Waals surface area contributed by atoms with Crippen LogP contribution in [-0.2, 0) is 0 Å². The van der Waals surface area contributed by atoms with Gasteiger partial charge in [0.1, 0.15) is 5.82 Å². The summed E-state index contributed by atoms with van der Waals surface area (Å²) in [6, 6.07) is 5.33. The molecule has 1 aliphatic rings. The second-order valence-corrected chi connectivity index (χ2v) is 6.79. The number of benzene rings is 1. The number of hydrogen-bond acceptors (Lipinski definition) is 2. The minimum Gasteiger partial charge on any atom is -0.333 e. The van der Waals surface area contributed by atoms with Crippen molar-refractivity contribution in [3.63, 3.8) is 0 Å². The van der Waals surface area contributed by atoms with Crippen molar-refractivity contribution >= 4 is 27.3 Å². The molecule has 2 nitrogen and oxygen atoms in total. The van der Waals surface area contributed by atoms with Crippen LogP contribution in [0, 0.1) is 12.7 Å². The molecule has 1 aliphatic carbocycles. The van der Waals surface area contributed by atoms with Crippen LogP contribution in [0.2, 0.25) is 0 Å². The number of fused-ring (bicyclic) bond motifs is 1. The van der Waals surface area contributed by atoms with Gasteiger partial charge in [0.05, 0.1) is 4.88 Å². The summed E-state index contributed by atoms with van der Waals surface area (Å²) in [5, 5.41) is 0.859. The lowest BCUT2D eigenvalue weighted by molar-refractivity contribution is 0.0694. The molecule has 1 aromatic heterocycles. The molecule has 106 valence electrons. The van der Waals surface area contributed by atoms with Gasteiger partial charge in [-0.1, -0.05) is 0 Å². The van der Waals surface area contributed by atoms with Gasteiger partial charge in [-0.15, -0.1) is 11.3 Å². The molecule has 1 heterocycles. The summed E-state index contributed by atoms with van der Waals surface area (Å²) in [7, 11) is 0. The summed E-state index contributed by atoms with van der Waals surface area (Å²) >= 11 is 1.47. The standard InChI is InChI=1S/C16H18FNOS/c1-9(2)18(12-5-6-12)16(19)15-10(3)13-8-11(17)4-7-14(13)20-15/h4,7-9,12H,5-6H2,1-3H3. The number of halogens is 1. The van der Waals surface area contributed by atoms with Crippen molar-refractivity contribution in [2.75, 3.05) is 0 Å². The highest BCUT2D eigenvalue weighted by Gasteiger charge is 2.35. The summed E-state index contributed by atoms with van der Waals surface area (Å²) in [5.74, 6) is -0.151. The number of rotatable bonds is 3. The quantitative estimate of drug-likeness (QED) is 0.822. The van der Waals surface area contributed by atoms with Gasteiger partial charge in [-0.05, 0) is 62.8 Å². The fourth-order valence-corrected chi connectivity index (χ4v) is 3.82. The van der Waals surface area contributed by atoms with E-state index >= 15 is 0 Å². The Morgan fingerprint density at radius 3 is 2.70 bits per heavy atom. The SMILES string of the molecule is Cc1c(C(=O)N(C(C)C)C2CC2)sc2ccc(F)cc12. The van der Waals surface area contributed by atoms with Crippen LogP contribution in [0.3, 0.4) is 0 Å². The number of carbonyl (C=O) groups is 1. The molecule has 0 unspecified atom stereocenters. The monoisotopic (exact) mass is 291 g/mol. The van der Waals surface area contributed by atoms with E-state index in [9.17, 15) is 9.18 Å². The highest BCUT2D eigenvalue weighted by atomic mass is 32.1. The molecule has 0 N–H and O–H groups in total. The van der Waals surface area contributed by atoms with Crippen molar-refractivity contribution in [3.05, 3.63) is 34.5 Å². The van der Waals surface area contributed by atoms with Crippen LogP contribution in [-0.4, -0.2) is 22.9 Å². The zero-order chi connectivity index (χ0) is 14.4. The molecule has 3 rings (SSSR count). The molecule has 4 heteroatoms. The number of nitrogens with zero attached hydrogens (tertiary/aromatic N) is 1. The van der Waals surface area contributed by atoms with E-state index < -0.39 is 0 Å². The molecule has 0 saturated heterocycles. The number of amides is 1. The minimum absolute atomic E-state index is 0.0987. The van der Waals surface area contributed by atoms with Crippen molar-refractivity contribution in [2.24, 2.45) is 0 Å². The highest BCUT2D eigenvalue weighted by molar-refractivity contribution is 7.21. The van der Waals surface area contributed by atoms with E-state index in [1.807, 2.05) is 11.8 Å². The van der Waals surface area contributed by atoms with Crippen molar-refractivity contribution < 1.29 is 9.18 Å². The molecule has 0 atom stereocenters. The van der Waals surface area contributed by atoms with Crippen LogP contribution in [0.25, 0.3) is 10.1 Å². The Kier molecular flexibility index (Phi) is 3.28. The topological polar surface area (TPSA) is 20.3 Å². The summed E-state index contributed by atoms with van der Waals surface area (Å²) in [5.41, 5.74) is 0.904. The third kappa shape index (κ3) is 2.22. The van der Waals surface area contributed by atoms with Gasteiger partial charge in [0, 0.05) is 16.8 Å². The average molecular weight is 291 g/mol. The highest BCUT2D eigenvalue weighted by Crippen LogP contribution is 2.36. The van der Waals surface area contributed by atoms with E-state index in [-0.39, 0.29) is 17.8 Å². The van der Waals surface area contributed by atoms with E-state index in [1.165, 1.54) is 23.5 Å². The molecule has 1 saturated carbocycles. The average Bonchev–Trinajstić information content (AvgIpc) is 3.15. The van der Waals surface area contributed by atoms with Crippen LogP contribution < -0.4 is 0 Å². The van der Waals surface area contributed by atoms with E-state index in [0.29, 0.717) is 6.04 Å². The van der Waals surface area contributed by atoms with Gasteiger partial charge >= 0.3 is 0 Å². The Morgan fingerprint density at radius 1 is 1.40 bits per heavy atom. The molecule has 0 radical (unpaired) electrons. The Balaban J connectivity index is 2.05. The molecule has 1 fully saturated rings. The van der Waals surface area contributed by atoms with Gasteiger partial charge in [-0.2, -0.15) is 0 Å². The van der Waals surface area contributed by atoms with E-state index in [1.54, 1.807) is 6.07 Å². The fraction of sp³-hybridized carbons (Fsp3) is 0.438.